The van der Waals surface area contributed by atoms with Gasteiger partial charge in [0.2, 0.25) is 5.41 Å². The SMILES string of the molecule is Cc1ccc(C(=O)Nc2ccc(C(c3ccc(NC(=O)c4ccc(C)c(C)c4)cc3)(C(F)(F)F)C(F)(F)F)cc2)cc1C. The predicted molar refractivity (Wildman–Crippen MR) is 154 cm³/mol. The van der Waals surface area contributed by atoms with Crippen molar-refractivity contribution in [2.24, 2.45) is 0 Å². The fourth-order valence-corrected chi connectivity index (χ4v) is 4.76. The van der Waals surface area contributed by atoms with Crippen LogP contribution in [0.5, 0.6) is 0 Å². The second-order valence-electron chi connectivity index (χ2n) is 10.4. The van der Waals surface area contributed by atoms with Crippen molar-refractivity contribution in [1.29, 1.82) is 0 Å². The summed E-state index contributed by atoms with van der Waals surface area (Å²) in [5, 5.41) is 5.01. The van der Waals surface area contributed by atoms with E-state index >= 15 is 0 Å². The van der Waals surface area contributed by atoms with Crippen molar-refractivity contribution in [2.75, 3.05) is 10.6 Å². The standard InChI is InChI=1S/C33H28F6N2O2/c1-19-5-7-23(17-21(19)3)29(42)40-27-13-9-25(10-14-27)31(32(34,35)36,33(37,38)39)26-11-15-28(16-12-26)41-30(43)24-8-6-20(2)22(4)18-24/h5-18H,1-4H3,(H,40,42)(H,41,43). The molecule has 0 spiro atoms. The van der Waals surface area contributed by atoms with E-state index in [-0.39, 0.29) is 22.5 Å². The Bertz CT molecular complexity index is 1530. The number of hydrogen-bond donors (Lipinski definition) is 2. The maximum atomic E-state index is 14.6. The Morgan fingerprint density at radius 3 is 1.09 bits per heavy atom. The van der Waals surface area contributed by atoms with Crippen LogP contribution in [0, 0.1) is 27.7 Å². The van der Waals surface area contributed by atoms with Crippen LogP contribution < -0.4 is 10.6 Å². The molecule has 4 aromatic carbocycles. The minimum atomic E-state index is -5.79. The Morgan fingerprint density at radius 1 is 0.488 bits per heavy atom. The number of anilines is 2. The summed E-state index contributed by atoms with van der Waals surface area (Å²) in [6, 6.07) is 16.7. The minimum absolute atomic E-state index is 0.0228. The van der Waals surface area contributed by atoms with Gasteiger partial charge in [0, 0.05) is 22.5 Å². The first kappa shape index (κ1) is 31.3. The van der Waals surface area contributed by atoms with Gasteiger partial charge in [-0.25, -0.2) is 0 Å². The van der Waals surface area contributed by atoms with Crippen LogP contribution in [0.3, 0.4) is 0 Å². The van der Waals surface area contributed by atoms with E-state index < -0.39 is 40.7 Å². The molecule has 4 rings (SSSR count). The van der Waals surface area contributed by atoms with Gasteiger partial charge >= 0.3 is 12.4 Å². The largest absolute Gasteiger partial charge is 0.411 e. The third kappa shape index (κ3) is 6.14. The summed E-state index contributed by atoms with van der Waals surface area (Å²) < 4.78 is 87.5. The highest BCUT2D eigenvalue weighted by atomic mass is 19.4. The molecular formula is C33H28F6N2O2. The zero-order chi connectivity index (χ0) is 31.7. The normalized spacial score (nSPS) is 12.1. The fourth-order valence-electron chi connectivity index (χ4n) is 4.76. The van der Waals surface area contributed by atoms with Gasteiger partial charge in [-0.1, -0.05) is 36.4 Å². The van der Waals surface area contributed by atoms with Crippen molar-refractivity contribution in [2.45, 2.75) is 45.5 Å². The van der Waals surface area contributed by atoms with Gasteiger partial charge in [0.15, 0.2) is 0 Å². The summed E-state index contributed by atoms with van der Waals surface area (Å²) in [5.41, 5.74) is -2.32. The monoisotopic (exact) mass is 598 g/mol. The number of benzene rings is 4. The Labute approximate surface area is 244 Å². The molecule has 0 aliphatic rings. The second-order valence-corrected chi connectivity index (χ2v) is 10.4. The minimum Gasteiger partial charge on any atom is -0.322 e. The summed E-state index contributed by atoms with van der Waals surface area (Å²) in [4.78, 5) is 25.3. The number of rotatable bonds is 6. The molecule has 0 saturated carbocycles. The molecule has 0 atom stereocenters. The van der Waals surface area contributed by atoms with Gasteiger partial charge in [-0.15, -0.1) is 0 Å². The Morgan fingerprint density at radius 2 is 0.814 bits per heavy atom. The van der Waals surface area contributed by atoms with Crippen LogP contribution in [0.15, 0.2) is 84.9 Å². The highest BCUT2D eigenvalue weighted by Crippen LogP contribution is 2.56. The van der Waals surface area contributed by atoms with Gasteiger partial charge in [-0.05, 0) is 110 Å². The summed E-state index contributed by atoms with van der Waals surface area (Å²) in [6.45, 7) is 7.33. The van der Waals surface area contributed by atoms with Crippen LogP contribution >= 0.6 is 0 Å². The van der Waals surface area contributed by atoms with Gasteiger partial charge in [-0.2, -0.15) is 26.3 Å². The molecule has 0 bridgehead atoms. The summed E-state index contributed by atoms with van der Waals surface area (Å²) in [7, 11) is 0. The van der Waals surface area contributed by atoms with Crippen molar-refractivity contribution in [3.05, 3.63) is 129 Å². The molecule has 43 heavy (non-hydrogen) atoms. The van der Waals surface area contributed by atoms with E-state index in [1.54, 1.807) is 50.2 Å². The first-order valence-electron chi connectivity index (χ1n) is 13.2. The molecule has 0 aromatic heterocycles. The van der Waals surface area contributed by atoms with E-state index in [4.69, 9.17) is 0 Å². The van der Waals surface area contributed by atoms with E-state index in [9.17, 15) is 35.9 Å². The maximum absolute atomic E-state index is 14.6. The van der Waals surface area contributed by atoms with Crippen LogP contribution in [0.4, 0.5) is 37.7 Å². The Balaban J connectivity index is 1.66. The fraction of sp³-hybridized carbons (Fsp3) is 0.212. The van der Waals surface area contributed by atoms with Crippen LogP contribution in [-0.4, -0.2) is 24.2 Å². The molecule has 4 nitrogen and oxygen atoms in total. The molecule has 10 heteroatoms. The van der Waals surface area contributed by atoms with E-state index in [1.165, 1.54) is 0 Å². The first-order valence-corrected chi connectivity index (χ1v) is 13.2. The van der Waals surface area contributed by atoms with Crippen LogP contribution in [0.2, 0.25) is 0 Å². The highest BCUT2D eigenvalue weighted by Gasteiger charge is 2.72. The second kappa shape index (κ2) is 11.6. The van der Waals surface area contributed by atoms with Crippen molar-refractivity contribution in [1.82, 2.24) is 0 Å². The third-order valence-corrected chi connectivity index (χ3v) is 7.54. The molecule has 0 saturated heterocycles. The van der Waals surface area contributed by atoms with Gasteiger partial charge in [-0.3, -0.25) is 9.59 Å². The van der Waals surface area contributed by atoms with Crippen LogP contribution in [-0.2, 0) is 5.41 Å². The number of hydrogen-bond acceptors (Lipinski definition) is 2. The first-order chi connectivity index (χ1) is 20.0. The maximum Gasteiger partial charge on any atom is 0.411 e. The van der Waals surface area contributed by atoms with Crippen LogP contribution in [0.1, 0.15) is 54.1 Å². The number of nitrogens with one attached hydrogen (secondary N) is 2. The molecule has 4 aromatic rings. The van der Waals surface area contributed by atoms with Crippen molar-refractivity contribution >= 4 is 23.2 Å². The number of carbonyl (C=O) groups is 2. The van der Waals surface area contributed by atoms with Gasteiger partial charge in [0.25, 0.3) is 11.8 Å². The lowest BCUT2D eigenvalue weighted by Gasteiger charge is -2.38. The van der Waals surface area contributed by atoms with E-state index in [2.05, 4.69) is 10.6 Å². The van der Waals surface area contributed by atoms with Crippen molar-refractivity contribution < 1.29 is 35.9 Å². The van der Waals surface area contributed by atoms with Crippen molar-refractivity contribution in [3.63, 3.8) is 0 Å². The van der Waals surface area contributed by atoms with Gasteiger partial charge in [0.1, 0.15) is 0 Å². The number of alkyl halides is 6. The zero-order valence-corrected chi connectivity index (χ0v) is 23.7. The number of aryl methyl sites for hydroxylation is 4. The Kier molecular flexibility index (Phi) is 8.44. The number of carbonyl (C=O) groups excluding carboxylic acids is 2. The molecule has 0 aliphatic carbocycles. The molecule has 0 heterocycles. The Hall–Kier alpha value is -4.60. The molecule has 0 radical (unpaired) electrons. The smallest absolute Gasteiger partial charge is 0.322 e. The molecule has 0 fully saturated rings. The average molecular weight is 599 g/mol. The van der Waals surface area contributed by atoms with Crippen LogP contribution in [0.25, 0.3) is 0 Å². The molecule has 2 N–H and O–H groups in total. The van der Waals surface area contributed by atoms with Gasteiger partial charge in [0.05, 0.1) is 0 Å². The predicted octanol–water partition coefficient (Wildman–Crippen LogP) is 8.84. The quantitative estimate of drug-likeness (QED) is 0.218. The van der Waals surface area contributed by atoms with Crippen molar-refractivity contribution in [3.8, 4) is 0 Å². The molecule has 0 aliphatic heterocycles. The summed E-state index contributed by atoms with van der Waals surface area (Å²) in [5.74, 6) is -1.13. The summed E-state index contributed by atoms with van der Waals surface area (Å²) in [6.07, 6.45) is -11.6. The zero-order valence-electron chi connectivity index (χ0n) is 23.7. The lowest BCUT2D eigenvalue weighted by Crippen LogP contribution is -2.54. The molecule has 224 valence electrons. The van der Waals surface area contributed by atoms with E-state index in [1.807, 2.05) is 13.8 Å². The molecule has 2 amide bonds. The molecule has 0 unspecified atom stereocenters. The lowest BCUT2D eigenvalue weighted by molar-refractivity contribution is -0.288. The van der Waals surface area contributed by atoms with Gasteiger partial charge < -0.3 is 10.6 Å². The highest BCUT2D eigenvalue weighted by molar-refractivity contribution is 6.05. The summed E-state index contributed by atoms with van der Waals surface area (Å²) >= 11 is 0. The lowest BCUT2D eigenvalue weighted by atomic mass is 9.73. The molecular weight excluding hydrogens is 570 g/mol. The third-order valence-electron chi connectivity index (χ3n) is 7.54. The number of amides is 2. The van der Waals surface area contributed by atoms with E-state index in [0.29, 0.717) is 24.3 Å². The average Bonchev–Trinajstić information content (AvgIpc) is 2.92. The number of halogens is 6. The van der Waals surface area contributed by atoms with E-state index in [0.717, 1.165) is 46.5 Å². The topological polar surface area (TPSA) is 58.2 Å².